The lowest BCUT2D eigenvalue weighted by Gasteiger charge is -2.28. The zero-order valence-electron chi connectivity index (χ0n) is 33.6. The van der Waals surface area contributed by atoms with Crippen LogP contribution in [-0.4, -0.2) is 64.1 Å². The summed E-state index contributed by atoms with van der Waals surface area (Å²) in [5, 5.41) is 0. The van der Waals surface area contributed by atoms with Gasteiger partial charge in [-0.2, -0.15) is 0 Å². The van der Waals surface area contributed by atoms with Crippen molar-refractivity contribution in [2.75, 3.05) is 47.5 Å². The molecule has 0 spiro atoms. The summed E-state index contributed by atoms with van der Waals surface area (Å²) in [5.41, 5.74) is 0. The first-order chi connectivity index (χ1) is 24.1. The molecule has 0 aliphatic heterocycles. The van der Waals surface area contributed by atoms with E-state index in [1.165, 1.54) is 141 Å². The molecule has 9 heteroatoms. The van der Waals surface area contributed by atoms with Gasteiger partial charge in [0.25, 0.3) is 7.82 Å². The maximum atomic E-state index is 12.4. The smallest absolute Gasteiger partial charge is 0.305 e. The van der Waals surface area contributed by atoms with E-state index in [9.17, 15) is 14.3 Å². The van der Waals surface area contributed by atoms with Crippen LogP contribution in [0.4, 0.5) is 0 Å². The molecule has 0 fully saturated rings. The van der Waals surface area contributed by atoms with Gasteiger partial charge in [0.2, 0.25) is 0 Å². The highest BCUT2D eigenvalue weighted by atomic mass is 31.2. The summed E-state index contributed by atoms with van der Waals surface area (Å²) in [5.74, 6) is -0.290. The number of likely N-dealkylation sites (N-methyl/N-ethyl adjacent to an activating group) is 1. The van der Waals surface area contributed by atoms with Gasteiger partial charge in [0.05, 0.1) is 34.0 Å². The number of phosphoric acid groups is 1. The Hall–Kier alpha value is -0.920. The number of phosphoric ester groups is 1. The SMILES string of the molecule is CCCCCCCCCCCCCCCC/C=C\OC(COC(=O)CCCCCCCCCCCCCC)COP(=O)([O-])OCC[N+](C)(C)C. The van der Waals surface area contributed by atoms with Crippen molar-refractivity contribution in [3.63, 3.8) is 0 Å². The van der Waals surface area contributed by atoms with Crippen LogP contribution in [0.2, 0.25) is 0 Å². The van der Waals surface area contributed by atoms with Gasteiger partial charge in [-0.3, -0.25) is 9.36 Å². The van der Waals surface area contributed by atoms with E-state index in [4.69, 9.17) is 18.5 Å². The molecule has 0 aromatic heterocycles. The molecule has 50 heavy (non-hydrogen) atoms. The first kappa shape index (κ1) is 49.1. The predicted octanol–water partition coefficient (Wildman–Crippen LogP) is 11.6. The lowest BCUT2D eigenvalue weighted by atomic mass is 10.0. The Morgan fingerprint density at radius 3 is 1.48 bits per heavy atom. The number of rotatable bonds is 39. The van der Waals surface area contributed by atoms with Crippen molar-refractivity contribution in [1.29, 1.82) is 0 Å². The molecule has 0 aliphatic carbocycles. The van der Waals surface area contributed by atoms with E-state index in [1.54, 1.807) is 6.26 Å². The first-order valence-corrected chi connectivity index (χ1v) is 22.4. The van der Waals surface area contributed by atoms with Gasteiger partial charge in [-0.1, -0.05) is 168 Å². The van der Waals surface area contributed by atoms with Gasteiger partial charge in [-0.15, -0.1) is 0 Å². The highest BCUT2D eigenvalue weighted by Gasteiger charge is 2.19. The Labute approximate surface area is 310 Å². The topological polar surface area (TPSA) is 94.1 Å². The minimum absolute atomic E-state index is 0.0307. The van der Waals surface area contributed by atoms with Crippen LogP contribution in [-0.2, 0) is 27.9 Å². The molecular formula is C41H82NO7P. The number of hydrogen-bond acceptors (Lipinski definition) is 7. The minimum Gasteiger partial charge on any atom is -0.756 e. The molecule has 0 amide bonds. The number of ether oxygens (including phenoxy) is 2. The van der Waals surface area contributed by atoms with Crippen LogP contribution in [0, 0.1) is 0 Å². The average molecular weight is 732 g/mol. The average Bonchev–Trinajstić information content (AvgIpc) is 3.06. The number of quaternary nitrogens is 1. The highest BCUT2D eigenvalue weighted by molar-refractivity contribution is 7.45. The molecule has 2 atom stereocenters. The third-order valence-corrected chi connectivity index (χ3v) is 10.2. The molecule has 0 radical (unpaired) electrons. The summed E-state index contributed by atoms with van der Waals surface area (Å²) in [4.78, 5) is 24.7. The van der Waals surface area contributed by atoms with Gasteiger partial charge in [0, 0.05) is 6.42 Å². The number of unbranched alkanes of at least 4 members (excludes halogenated alkanes) is 25. The summed E-state index contributed by atoms with van der Waals surface area (Å²) < 4.78 is 34.3. The molecule has 298 valence electrons. The Morgan fingerprint density at radius 1 is 0.620 bits per heavy atom. The van der Waals surface area contributed by atoms with Gasteiger partial charge in [-0.25, -0.2) is 0 Å². The minimum atomic E-state index is -4.50. The van der Waals surface area contributed by atoms with Crippen LogP contribution in [0.1, 0.15) is 194 Å². The Balaban J connectivity index is 4.28. The van der Waals surface area contributed by atoms with Crippen molar-refractivity contribution >= 4 is 13.8 Å². The molecule has 8 nitrogen and oxygen atoms in total. The molecule has 0 saturated carbocycles. The van der Waals surface area contributed by atoms with Crippen molar-refractivity contribution in [3.05, 3.63) is 12.3 Å². The van der Waals surface area contributed by atoms with Gasteiger partial charge < -0.3 is 27.9 Å². The second-order valence-corrected chi connectivity index (χ2v) is 16.8. The fourth-order valence-electron chi connectivity index (χ4n) is 5.82. The number of allylic oxidation sites excluding steroid dienone is 1. The van der Waals surface area contributed by atoms with Crippen LogP contribution < -0.4 is 4.89 Å². The van der Waals surface area contributed by atoms with Crippen molar-refractivity contribution in [2.45, 2.75) is 200 Å². The molecular weight excluding hydrogens is 649 g/mol. The Morgan fingerprint density at radius 2 is 1.04 bits per heavy atom. The molecule has 0 saturated heterocycles. The van der Waals surface area contributed by atoms with Crippen molar-refractivity contribution in [3.8, 4) is 0 Å². The second-order valence-electron chi connectivity index (χ2n) is 15.4. The first-order valence-electron chi connectivity index (χ1n) is 21.0. The van der Waals surface area contributed by atoms with E-state index in [0.717, 1.165) is 32.1 Å². The number of nitrogens with zero attached hydrogens (tertiary/aromatic N) is 1. The fraction of sp³-hybridized carbons (Fsp3) is 0.927. The van der Waals surface area contributed by atoms with E-state index in [2.05, 4.69) is 13.8 Å². The van der Waals surface area contributed by atoms with Crippen LogP contribution in [0.3, 0.4) is 0 Å². The molecule has 0 aromatic carbocycles. The monoisotopic (exact) mass is 732 g/mol. The van der Waals surface area contributed by atoms with Crippen molar-refractivity contribution < 1.29 is 37.3 Å². The Bertz CT molecular complexity index is 817. The van der Waals surface area contributed by atoms with Crippen molar-refractivity contribution in [1.82, 2.24) is 0 Å². The van der Waals surface area contributed by atoms with Crippen LogP contribution in [0.15, 0.2) is 12.3 Å². The molecule has 0 aromatic rings. The quantitative estimate of drug-likeness (QED) is 0.0204. The molecule has 0 aliphatic rings. The fourth-order valence-corrected chi connectivity index (χ4v) is 6.55. The largest absolute Gasteiger partial charge is 0.756 e. The number of hydrogen-bond donors (Lipinski definition) is 0. The summed E-state index contributed by atoms with van der Waals surface area (Å²) in [6.45, 7) is 4.73. The standard InChI is InChI=1S/C41H82NO7P/c1-6-8-10-12-14-16-18-20-21-22-23-25-27-29-31-33-36-46-40(39-49-50(44,45)48-37-35-42(3,4)5)38-47-41(43)34-32-30-28-26-24-19-17-15-13-11-9-7-2/h33,36,40H,6-32,34-35,37-39H2,1-5H3/b36-33-. The number of esters is 1. The number of carbonyl (C=O) groups is 1. The summed E-state index contributed by atoms with van der Waals surface area (Å²) in [6.07, 6.45) is 37.5. The van der Waals surface area contributed by atoms with E-state index in [0.29, 0.717) is 17.4 Å². The normalized spacial score (nSPS) is 13.9. The summed E-state index contributed by atoms with van der Waals surface area (Å²) >= 11 is 0. The predicted molar refractivity (Wildman–Crippen MR) is 208 cm³/mol. The van der Waals surface area contributed by atoms with E-state index in [1.807, 2.05) is 27.2 Å². The number of carbonyl (C=O) groups excluding carboxylic acids is 1. The van der Waals surface area contributed by atoms with E-state index < -0.39 is 13.9 Å². The third kappa shape index (κ3) is 38.3. The molecule has 0 rings (SSSR count). The maximum Gasteiger partial charge on any atom is 0.305 e. The van der Waals surface area contributed by atoms with Crippen LogP contribution in [0.25, 0.3) is 0 Å². The van der Waals surface area contributed by atoms with Crippen molar-refractivity contribution in [2.24, 2.45) is 0 Å². The van der Waals surface area contributed by atoms with E-state index in [-0.39, 0.29) is 25.8 Å². The Kier molecular flexibility index (Phi) is 34.5. The van der Waals surface area contributed by atoms with Gasteiger partial charge in [0.1, 0.15) is 19.8 Å². The summed E-state index contributed by atoms with van der Waals surface area (Å²) in [7, 11) is 1.37. The highest BCUT2D eigenvalue weighted by Crippen LogP contribution is 2.38. The van der Waals surface area contributed by atoms with Gasteiger partial charge >= 0.3 is 5.97 Å². The zero-order chi connectivity index (χ0) is 37.0. The van der Waals surface area contributed by atoms with Crippen LogP contribution in [0.5, 0.6) is 0 Å². The lowest BCUT2D eigenvalue weighted by molar-refractivity contribution is -0.870. The molecule has 0 bridgehead atoms. The summed E-state index contributed by atoms with van der Waals surface area (Å²) in [6, 6.07) is 0. The second kappa shape index (κ2) is 35.1. The van der Waals surface area contributed by atoms with Gasteiger partial charge in [-0.05, 0) is 25.3 Å². The maximum absolute atomic E-state index is 12.4. The van der Waals surface area contributed by atoms with E-state index >= 15 is 0 Å². The third-order valence-electron chi connectivity index (χ3n) is 9.19. The molecule has 0 N–H and O–H groups in total. The zero-order valence-corrected chi connectivity index (χ0v) is 34.5. The lowest BCUT2D eigenvalue weighted by Crippen LogP contribution is -2.37. The molecule has 0 heterocycles. The molecule has 2 unspecified atom stereocenters. The van der Waals surface area contributed by atoms with Crippen LogP contribution >= 0.6 is 7.82 Å². The van der Waals surface area contributed by atoms with Gasteiger partial charge in [0.15, 0.2) is 6.10 Å².